The van der Waals surface area contributed by atoms with E-state index >= 15 is 0 Å². The van der Waals surface area contributed by atoms with E-state index in [1.165, 1.54) is 11.4 Å². The second-order valence-electron chi connectivity index (χ2n) is 1.12. The van der Waals surface area contributed by atoms with Crippen molar-refractivity contribution in [2.24, 2.45) is 0 Å². The average Bonchev–Trinajstić information content (AvgIpc) is 1.85. The fourth-order valence-corrected chi connectivity index (χ4v) is 2.57. The highest BCUT2D eigenvalue weighted by atomic mass is 32.9. The highest BCUT2D eigenvalue weighted by molar-refractivity contribution is 8.62. The van der Waals surface area contributed by atoms with Crippen molar-refractivity contribution in [2.45, 2.75) is 6.92 Å². The van der Waals surface area contributed by atoms with Gasteiger partial charge in [-0.25, -0.2) is 0 Å². The van der Waals surface area contributed by atoms with Gasteiger partial charge in [-0.1, -0.05) is 5.92 Å². The zero-order valence-corrected chi connectivity index (χ0v) is 7.69. The van der Waals surface area contributed by atoms with Gasteiger partial charge in [0.15, 0.2) is 0 Å². The predicted octanol–water partition coefficient (Wildman–Crippen LogP) is 2.16. The summed E-state index contributed by atoms with van der Waals surface area (Å²) in [5, 5.41) is 0. The molecule has 0 saturated heterocycles. The number of rotatable bonds is 4. The summed E-state index contributed by atoms with van der Waals surface area (Å²) in [4.78, 5) is 0. The lowest BCUT2D eigenvalue weighted by molar-refractivity contribution is 0.396. The minimum Gasteiger partial charge on any atom is -0.159 e. The van der Waals surface area contributed by atoms with Crippen LogP contribution in [0.15, 0.2) is 0 Å². The average molecular weight is 179 g/mol. The second kappa shape index (κ2) is 6.51. The van der Waals surface area contributed by atoms with E-state index < -0.39 is 6.13 Å². The van der Waals surface area contributed by atoms with Crippen LogP contribution in [-0.2, 0) is 16.3 Å². The van der Waals surface area contributed by atoms with Gasteiger partial charge in [0.25, 0.3) is 0 Å². The smallest absolute Gasteiger partial charge is 0.159 e. The van der Waals surface area contributed by atoms with Crippen molar-refractivity contribution in [2.75, 3.05) is 12.4 Å². The Hall–Kier alpha value is 0.390. The normalized spacial score (nSPS) is 10.4. The second-order valence-corrected chi connectivity index (χ2v) is 5.83. The van der Waals surface area contributed by atoms with Crippen molar-refractivity contribution in [1.29, 1.82) is 0 Å². The van der Waals surface area contributed by atoms with Crippen molar-refractivity contribution < 1.29 is 4.52 Å². The maximum atomic E-state index is 5.09. The first-order chi connectivity index (χ1) is 4.31. The quantitative estimate of drug-likeness (QED) is 0.483. The van der Waals surface area contributed by atoms with E-state index in [9.17, 15) is 0 Å². The van der Waals surface area contributed by atoms with E-state index in [2.05, 4.69) is 5.92 Å². The van der Waals surface area contributed by atoms with Crippen molar-refractivity contribution in [3.8, 4) is 12.3 Å². The SMILES string of the molecule is C#CCS[P+](=S)OCC. The molecule has 4 heteroatoms. The molecule has 0 aliphatic carbocycles. The Balaban J connectivity index is 3.19. The van der Waals surface area contributed by atoms with Crippen LogP contribution >= 0.6 is 17.5 Å². The Labute approximate surface area is 65.8 Å². The third-order valence-electron chi connectivity index (χ3n) is 0.488. The van der Waals surface area contributed by atoms with Gasteiger partial charge < -0.3 is 0 Å². The fraction of sp³-hybridized carbons (Fsp3) is 0.600. The van der Waals surface area contributed by atoms with Gasteiger partial charge in [-0.3, -0.25) is 0 Å². The third-order valence-corrected chi connectivity index (χ3v) is 4.06. The van der Waals surface area contributed by atoms with Crippen molar-refractivity contribution in [3.05, 3.63) is 0 Å². The lowest BCUT2D eigenvalue weighted by atomic mass is 10.8. The van der Waals surface area contributed by atoms with E-state index in [0.717, 1.165) is 0 Å². The van der Waals surface area contributed by atoms with Gasteiger partial charge in [-0.2, -0.15) is 4.52 Å². The standard InChI is InChI=1S/C5H8OPS2/c1-3-5-9-7(8)6-4-2/h1H,4-5H2,2H3/q+1. The minimum atomic E-state index is -0.729. The molecule has 0 aromatic rings. The van der Waals surface area contributed by atoms with Crippen molar-refractivity contribution in [1.82, 2.24) is 0 Å². The van der Waals surface area contributed by atoms with Crippen LogP contribution < -0.4 is 0 Å². The molecule has 0 aromatic carbocycles. The molecule has 1 atom stereocenters. The van der Waals surface area contributed by atoms with Crippen LogP contribution in [-0.4, -0.2) is 12.4 Å². The van der Waals surface area contributed by atoms with Crippen molar-refractivity contribution >= 4 is 29.3 Å². The monoisotopic (exact) mass is 179 g/mol. The molecule has 9 heavy (non-hydrogen) atoms. The summed E-state index contributed by atoms with van der Waals surface area (Å²) in [5.74, 6) is 3.15. The topological polar surface area (TPSA) is 9.23 Å². The molecule has 0 rings (SSSR count). The highest BCUT2D eigenvalue weighted by Gasteiger charge is 2.09. The van der Waals surface area contributed by atoms with E-state index in [4.69, 9.17) is 22.8 Å². The van der Waals surface area contributed by atoms with Gasteiger partial charge in [-0.05, 0) is 6.92 Å². The summed E-state index contributed by atoms with van der Waals surface area (Å²) >= 11 is 6.43. The zero-order chi connectivity index (χ0) is 7.11. The van der Waals surface area contributed by atoms with Gasteiger partial charge in [0, 0.05) is 0 Å². The predicted molar refractivity (Wildman–Crippen MR) is 47.2 cm³/mol. The molecule has 0 N–H and O–H groups in total. The maximum Gasteiger partial charge on any atom is 0.415 e. The summed E-state index contributed by atoms with van der Waals surface area (Å²) < 4.78 is 5.09. The van der Waals surface area contributed by atoms with Crippen molar-refractivity contribution in [3.63, 3.8) is 0 Å². The summed E-state index contributed by atoms with van der Waals surface area (Å²) in [6.45, 7) is 2.62. The van der Waals surface area contributed by atoms with Crippen LogP contribution in [0.3, 0.4) is 0 Å². The Morgan fingerprint density at radius 3 is 3.00 bits per heavy atom. The molecular formula is C5H8OPS2+. The van der Waals surface area contributed by atoms with Gasteiger partial charge in [0.2, 0.25) is 11.8 Å². The third kappa shape index (κ3) is 6.27. The van der Waals surface area contributed by atoms with E-state index in [0.29, 0.717) is 12.4 Å². The van der Waals surface area contributed by atoms with Crippen LogP contribution in [0.4, 0.5) is 0 Å². The molecule has 1 nitrogen and oxygen atoms in total. The molecule has 50 valence electrons. The Kier molecular flexibility index (Phi) is 6.79. The lowest BCUT2D eigenvalue weighted by Crippen LogP contribution is -1.73. The highest BCUT2D eigenvalue weighted by Crippen LogP contribution is 2.38. The van der Waals surface area contributed by atoms with E-state index in [-0.39, 0.29) is 0 Å². The van der Waals surface area contributed by atoms with E-state index in [1.54, 1.807) is 0 Å². The molecular weight excluding hydrogens is 171 g/mol. The number of hydrogen-bond donors (Lipinski definition) is 0. The molecule has 0 aliphatic rings. The lowest BCUT2D eigenvalue weighted by Gasteiger charge is -1.81. The van der Waals surface area contributed by atoms with Crippen LogP contribution in [0, 0.1) is 12.3 Å². The van der Waals surface area contributed by atoms with Crippen LogP contribution in [0.5, 0.6) is 0 Å². The van der Waals surface area contributed by atoms with Gasteiger partial charge in [-0.15, -0.1) is 6.42 Å². The Morgan fingerprint density at radius 2 is 2.56 bits per heavy atom. The molecule has 1 unspecified atom stereocenters. The Morgan fingerprint density at radius 1 is 1.89 bits per heavy atom. The molecule has 0 bridgehead atoms. The molecule has 0 aromatic heterocycles. The Bertz CT molecular complexity index is 129. The zero-order valence-electron chi connectivity index (χ0n) is 5.16. The first-order valence-electron chi connectivity index (χ1n) is 2.47. The largest absolute Gasteiger partial charge is 0.415 e. The van der Waals surface area contributed by atoms with Gasteiger partial charge in [0.1, 0.15) is 17.1 Å². The fourth-order valence-electron chi connectivity index (χ4n) is 0.233. The van der Waals surface area contributed by atoms with Crippen LogP contribution in [0.2, 0.25) is 0 Å². The first-order valence-corrected chi connectivity index (χ1v) is 6.34. The molecule has 0 heterocycles. The molecule has 0 aliphatic heterocycles. The molecule has 0 fully saturated rings. The minimum absolute atomic E-state index is 0.662. The summed E-state index contributed by atoms with van der Waals surface area (Å²) in [5.41, 5.74) is 0. The van der Waals surface area contributed by atoms with E-state index in [1.807, 2.05) is 6.92 Å². The number of terminal acetylenes is 1. The summed E-state index contributed by atoms with van der Waals surface area (Å²) in [7, 11) is 0. The first kappa shape index (κ1) is 9.39. The van der Waals surface area contributed by atoms with Gasteiger partial charge in [0.05, 0.1) is 6.61 Å². The van der Waals surface area contributed by atoms with Crippen LogP contribution in [0.25, 0.3) is 0 Å². The molecule has 0 saturated carbocycles. The summed E-state index contributed by atoms with van der Waals surface area (Å²) in [6.07, 6.45) is 4.28. The molecule has 0 radical (unpaired) electrons. The molecule has 0 amide bonds. The summed E-state index contributed by atoms with van der Waals surface area (Å²) in [6, 6.07) is 0. The van der Waals surface area contributed by atoms with Gasteiger partial charge >= 0.3 is 6.13 Å². The number of hydrogen-bond acceptors (Lipinski definition) is 3. The molecule has 0 spiro atoms. The maximum absolute atomic E-state index is 5.09. The van der Waals surface area contributed by atoms with Crippen LogP contribution in [0.1, 0.15) is 6.92 Å².